The van der Waals surface area contributed by atoms with Crippen molar-refractivity contribution >= 4 is 34.4 Å². The van der Waals surface area contributed by atoms with Crippen LogP contribution in [0.1, 0.15) is 29.4 Å². The van der Waals surface area contributed by atoms with Crippen LogP contribution in [0.2, 0.25) is 0 Å². The van der Waals surface area contributed by atoms with Crippen molar-refractivity contribution in [2.24, 2.45) is 16.6 Å². The molecule has 16 heteroatoms. The fourth-order valence-electron chi connectivity index (χ4n) is 4.40. The van der Waals surface area contributed by atoms with Gasteiger partial charge in [0.15, 0.2) is 23.4 Å². The number of aliphatic imine (C=N–C) groups is 1. The summed E-state index contributed by atoms with van der Waals surface area (Å²) in [7, 11) is 3.14. The van der Waals surface area contributed by atoms with Gasteiger partial charge in [-0.25, -0.2) is 27.5 Å². The molecule has 3 atom stereocenters. The van der Waals surface area contributed by atoms with E-state index in [1.54, 1.807) is 14.1 Å². The molecule has 1 aliphatic carbocycles. The minimum absolute atomic E-state index is 0.0274. The fraction of sp³-hybridized carbons (Fsp3) is 0.435. The monoisotopic (exact) mass is 576 g/mol. The predicted molar refractivity (Wildman–Crippen MR) is 129 cm³/mol. The van der Waals surface area contributed by atoms with Crippen LogP contribution in [0, 0.1) is 17.6 Å². The van der Waals surface area contributed by atoms with Crippen LogP contribution in [0.25, 0.3) is 0 Å². The van der Waals surface area contributed by atoms with Crippen LogP contribution >= 0.6 is 11.8 Å². The molecule has 1 aromatic carbocycles. The summed E-state index contributed by atoms with van der Waals surface area (Å²) in [4.78, 5) is 38.5. The average molecular weight is 577 g/mol. The molecule has 3 N–H and O–H groups in total. The zero-order valence-corrected chi connectivity index (χ0v) is 21.5. The summed E-state index contributed by atoms with van der Waals surface area (Å²) < 4.78 is 83.8. The smallest absolute Gasteiger partial charge is 0.340 e. The van der Waals surface area contributed by atoms with Crippen LogP contribution < -0.4 is 15.8 Å². The van der Waals surface area contributed by atoms with Gasteiger partial charge in [-0.15, -0.1) is 0 Å². The van der Waals surface area contributed by atoms with E-state index < -0.39 is 58.6 Å². The van der Waals surface area contributed by atoms with E-state index in [9.17, 15) is 31.5 Å². The van der Waals surface area contributed by atoms with E-state index in [1.807, 2.05) is 0 Å². The summed E-state index contributed by atoms with van der Waals surface area (Å²) >= 11 is 1.07. The van der Waals surface area contributed by atoms with Crippen LogP contribution in [0.4, 0.5) is 32.0 Å². The number of nitrogens with two attached hydrogens (primary N) is 1. The van der Waals surface area contributed by atoms with Crippen LogP contribution in [0.3, 0.4) is 0 Å². The van der Waals surface area contributed by atoms with Gasteiger partial charge in [0.05, 0.1) is 17.9 Å². The first kappa shape index (κ1) is 28.4. The predicted octanol–water partition coefficient (Wildman–Crippen LogP) is 3.41. The highest BCUT2D eigenvalue weighted by Gasteiger charge is 2.71. The van der Waals surface area contributed by atoms with Gasteiger partial charge in [0, 0.05) is 37.3 Å². The molecule has 1 fully saturated rings. The third kappa shape index (κ3) is 5.21. The quantitative estimate of drug-likeness (QED) is 0.462. The first-order valence-corrected chi connectivity index (χ1v) is 12.1. The molecule has 0 bridgehead atoms. The Morgan fingerprint density at radius 2 is 1.95 bits per heavy atom. The van der Waals surface area contributed by atoms with Crippen LogP contribution in [-0.4, -0.2) is 69.6 Å². The molecule has 39 heavy (non-hydrogen) atoms. The Kier molecular flexibility index (Phi) is 7.21. The molecule has 0 spiro atoms. The number of ether oxygens (including phenoxy) is 1. The molecule has 1 aromatic heterocycles. The van der Waals surface area contributed by atoms with E-state index in [4.69, 9.17) is 5.73 Å². The summed E-state index contributed by atoms with van der Waals surface area (Å²) in [6, 6.07) is 1.90. The second kappa shape index (κ2) is 9.88. The number of halogens is 6. The van der Waals surface area contributed by atoms with Crippen molar-refractivity contribution in [1.82, 2.24) is 14.9 Å². The number of amides is 2. The number of fused-ring (bicyclic) bond motifs is 1. The van der Waals surface area contributed by atoms with Crippen molar-refractivity contribution in [2.45, 2.75) is 36.0 Å². The van der Waals surface area contributed by atoms with Crippen LogP contribution in [-0.2, 0) is 10.3 Å². The van der Waals surface area contributed by atoms with Crippen molar-refractivity contribution in [3.63, 3.8) is 0 Å². The lowest BCUT2D eigenvalue weighted by atomic mass is 9.85. The molecule has 0 unspecified atom stereocenters. The molecule has 2 aromatic rings. The van der Waals surface area contributed by atoms with Gasteiger partial charge in [0.1, 0.15) is 10.4 Å². The molecule has 9 nitrogen and oxygen atoms in total. The van der Waals surface area contributed by atoms with Crippen molar-refractivity contribution in [3.8, 4) is 5.88 Å². The zero-order chi connectivity index (χ0) is 28.9. The highest BCUT2D eigenvalue weighted by molar-refractivity contribution is 8.15. The molecule has 210 valence electrons. The number of nitrogens with zero attached hydrogens (tertiary/aromatic N) is 4. The Balaban J connectivity index is 1.56. The van der Waals surface area contributed by atoms with E-state index in [0.29, 0.717) is 6.42 Å². The zero-order valence-electron chi connectivity index (χ0n) is 20.6. The van der Waals surface area contributed by atoms with Crippen molar-refractivity contribution in [2.75, 3.05) is 26.0 Å². The van der Waals surface area contributed by atoms with Crippen LogP contribution in [0.15, 0.2) is 29.5 Å². The molecule has 2 heterocycles. The maximum atomic E-state index is 15.1. The molecule has 1 saturated carbocycles. The third-order valence-electron chi connectivity index (χ3n) is 6.41. The molecule has 0 radical (unpaired) electrons. The Morgan fingerprint density at radius 1 is 1.26 bits per heavy atom. The lowest BCUT2D eigenvalue weighted by molar-refractivity contribution is -0.148. The molecular formula is C23H22F6N6O3S. The average Bonchev–Trinajstić information content (AvgIpc) is 3.61. The first-order valence-electron chi connectivity index (χ1n) is 11.3. The second-order valence-electron chi connectivity index (χ2n) is 9.41. The van der Waals surface area contributed by atoms with Gasteiger partial charge in [0.2, 0.25) is 11.8 Å². The maximum Gasteiger partial charge on any atom is 0.340 e. The number of rotatable bonds is 8. The fourth-order valence-corrected chi connectivity index (χ4v) is 5.90. The molecule has 2 aliphatic rings. The van der Waals surface area contributed by atoms with Crippen molar-refractivity contribution < 1.29 is 40.7 Å². The summed E-state index contributed by atoms with van der Waals surface area (Å²) in [5, 5.41) is 2.36. The maximum absolute atomic E-state index is 15.1. The Bertz CT molecular complexity index is 1340. The number of carbonyl (C=O) groups excluding carboxylic acids is 2. The largest absolute Gasteiger partial charge is 0.470 e. The summed E-state index contributed by atoms with van der Waals surface area (Å²) in [5.74, 6) is -9.15. The summed E-state index contributed by atoms with van der Waals surface area (Å²) in [6.07, 6.45) is -2.04. The van der Waals surface area contributed by atoms with Gasteiger partial charge in [-0.1, -0.05) is 11.8 Å². The van der Waals surface area contributed by atoms with E-state index in [-0.39, 0.29) is 28.0 Å². The third-order valence-corrected chi connectivity index (χ3v) is 7.70. The highest BCUT2D eigenvalue weighted by Crippen LogP contribution is 2.66. The van der Waals surface area contributed by atoms with Gasteiger partial charge in [0.25, 0.3) is 5.91 Å². The molecule has 4 rings (SSSR count). The number of carbonyl (C=O) groups is 2. The number of nitrogens with one attached hydrogen (secondary N) is 1. The van der Waals surface area contributed by atoms with Gasteiger partial charge in [-0.05, 0) is 19.4 Å². The molecule has 2 amide bonds. The number of hydrogen-bond acceptors (Lipinski definition) is 8. The number of aromatic nitrogens is 2. The molecular weight excluding hydrogens is 554 g/mol. The Hall–Kier alpha value is -3.56. The van der Waals surface area contributed by atoms with E-state index in [1.165, 1.54) is 17.9 Å². The number of anilines is 1. The van der Waals surface area contributed by atoms with Crippen molar-refractivity contribution in [3.05, 3.63) is 47.4 Å². The van der Waals surface area contributed by atoms with Gasteiger partial charge in [-0.3, -0.25) is 14.6 Å². The van der Waals surface area contributed by atoms with Gasteiger partial charge >= 0.3 is 12.3 Å². The molecule has 0 saturated heterocycles. The number of thioether (sulfide) groups is 1. The van der Waals surface area contributed by atoms with Gasteiger partial charge < -0.3 is 20.7 Å². The minimum atomic E-state index is -4.41. The van der Waals surface area contributed by atoms with Gasteiger partial charge in [-0.2, -0.15) is 8.78 Å². The number of benzene rings is 1. The first-order chi connectivity index (χ1) is 18.1. The van der Waals surface area contributed by atoms with E-state index in [0.717, 1.165) is 30.2 Å². The van der Waals surface area contributed by atoms with E-state index in [2.05, 4.69) is 25.0 Å². The SMILES string of the molecule is CN(C)C(=O)[C@]12C[C@H]1[C@@](C)(c1cc(NC(=O)c3cnc(OCC(F)(F)C(F)F)cn3)cc(F)c1F)N=C(N)S2. The summed E-state index contributed by atoms with van der Waals surface area (Å²) in [5.41, 5.74) is 3.80. The lowest BCUT2D eigenvalue weighted by Crippen LogP contribution is -2.43. The second-order valence-corrected chi connectivity index (χ2v) is 10.8. The summed E-state index contributed by atoms with van der Waals surface area (Å²) in [6.45, 7) is -0.130. The standard InChI is InChI=1S/C23H22F6N6O3S/c1-21(14-6-22(14,19(37)35(2)3)39-20(30)34-21)11-4-10(5-12(24)16(11)25)33-17(36)13-7-32-15(8-31-13)38-9-23(28,29)18(26)27/h4-5,7-8,14,18H,6,9H2,1-3H3,(H2,30,34)(H,33,36)/t14-,21+,22-/m0/s1. The van der Waals surface area contributed by atoms with Crippen molar-refractivity contribution in [1.29, 1.82) is 0 Å². The Morgan fingerprint density at radius 3 is 2.54 bits per heavy atom. The normalized spacial score (nSPS) is 24.1. The lowest BCUT2D eigenvalue weighted by Gasteiger charge is -2.34. The topological polar surface area (TPSA) is 123 Å². The van der Waals surface area contributed by atoms with Crippen LogP contribution in [0.5, 0.6) is 5.88 Å². The number of hydrogen-bond donors (Lipinski definition) is 2. The Labute approximate surface area is 222 Å². The number of amidine groups is 1. The minimum Gasteiger partial charge on any atom is -0.470 e. The number of alkyl halides is 4. The highest BCUT2D eigenvalue weighted by atomic mass is 32.2. The van der Waals surface area contributed by atoms with E-state index >= 15 is 4.39 Å². The molecule has 1 aliphatic heterocycles.